The average Bonchev–Trinajstić information content (AvgIpc) is 2.95. The fourth-order valence-corrected chi connectivity index (χ4v) is 4.06. The van der Waals surface area contributed by atoms with E-state index in [1.807, 2.05) is 23.1 Å². The predicted molar refractivity (Wildman–Crippen MR) is 99.9 cm³/mol. The molecule has 2 aliphatic heterocycles. The van der Waals surface area contributed by atoms with E-state index in [9.17, 15) is 4.79 Å². The number of nitrogens with one attached hydrogen (secondary N) is 1. The summed E-state index contributed by atoms with van der Waals surface area (Å²) >= 11 is 0. The van der Waals surface area contributed by atoms with Crippen molar-refractivity contribution >= 4 is 5.91 Å². The van der Waals surface area contributed by atoms with Gasteiger partial charge in [-0.1, -0.05) is 30.3 Å². The van der Waals surface area contributed by atoms with Gasteiger partial charge in [-0.15, -0.1) is 10.2 Å². The number of likely N-dealkylation sites (tertiary alicyclic amines) is 1. The van der Waals surface area contributed by atoms with Gasteiger partial charge in [0.1, 0.15) is 11.6 Å². The molecule has 26 heavy (non-hydrogen) atoms. The number of rotatable bonds is 4. The highest BCUT2D eigenvalue weighted by molar-refractivity contribution is 5.76. The lowest BCUT2D eigenvalue weighted by Crippen LogP contribution is -2.40. The fraction of sp³-hybridized carbons (Fsp3) is 0.550. The summed E-state index contributed by atoms with van der Waals surface area (Å²) < 4.78 is 2.28. The average molecular weight is 353 g/mol. The molecule has 0 unspecified atom stereocenters. The molecule has 2 aliphatic rings. The zero-order valence-corrected chi connectivity index (χ0v) is 15.2. The summed E-state index contributed by atoms with van der Waals surface area (Å²) in [5.41, 5.74) is 1.23. The number of amides is 1. The second-order valence-electron chi connectivity index (χ2n) is 7.29. The van der Waals surface area contributed by atoms with E-state index in [1.165, 1.54) is 5.56 Å². The number of nitrogens with zero attached hydrogens (tertiary/aromatic N) is 4. The van der Waals surface area contributed by atoms with Gasteiger partial charge in [0.2, 0.25) is 5.91 Å². The number of aryl methyl sites for hydroxylation is 1. The Labute approximate surface area is 154 Å². The SMILES string of the molecule is O=C(CCc1ccccc1)N1CCC[C@H](c2nnc3n2CCNCC3)C1. The molecule has 1 amide bonds. The Morgan fingerprint density at radius 2 is 2.04 bits per heavy atom. The molecule has 1 atom stereocenters. The van der Waals surface area contributed by atoms with Crippen LogP contribution in [-0.2, 0) is 24.2 Å². The predicted octanol–water partition coefficient (Wildman–Crippen LogP) is 1.76. The Bertz CT molecular complexity index is 742. The van der Waals surface area contributed by atoms with E-state index in [4.69, 9.17) is 0 Å². The lowest BCUT2D eigenvalue weighted by atomic mass is 9.96. The van der Waals surface area contributed by atoms with Crippen LogP contribution < -0.4 is 5.32 Å². The van der Waals surface area contributed by atoms with E-state index >= 15 is 0 Å². The first-order valence-corrected chi connectivity index (χ1v) is 9.75. The van der Waals surface area contributed by atoms with Gasteiger partial charge in [0.15, 0.2) is 0 Å². The van der Waals surface area contributed by atoms with Crippen molar-refractivity contribution in [2.45, 2.75) is 44.6 Å². The minimum atomic E-state index is 0.260. The summed E-state index contributed by atoms with van der Waals surface area (Å²) in [4.78, 5) is 14.7. The minimum absolute atomic E-state index is 0.260. The van der Waals surface area contributed by atoms with Crippen LogP contribution in [0, 0.1) is 0 Å². The van der Waals surface area contributed by atoms with Crippen LogP contribution in [0.25, 0.3) is 0 Å². The van der Waals surface area contributed by atoms with Gasteiger partial charge in [-0.05, 0) is 24.8 Å². The second kappa shape index (κ2) is 7.99. The standard InChI is InChI=1S/C20H27N5O/c26-19(9-8-16-5-2-1-3-6-16)24-13-4-7-17(15-24)20-23-22-18-10-11-21-12-14-25(18)20/h1-3,5-6,17,21H,4,7-15H2/t17-/m0/s1. The first-order chi connectivity index (χ1) is 12.8. The van der Waals surface area contributed by atoms with Crippen LogP contribution in [0.3, 0.4) is 0 Å². The summed E-state index contributed by atoms with van der Waals surface area (Å²) in [6, 6.07) is 10.3. The molecule has 1 fully saturated rings. The molecule has 1 aromatic carbocycles. The van der Waals surface area contributed by atoms with Crippen molar-refractivity contribution < 1.29 is 4.79 Å². The van der Waals surface area contributed by atoms with Gasteiger partial charge >= 0.3 is 0 Å². The first-order valence-electron chi connectivity index (χ1n) is 9.75. The number of carbonyl (C=O) groups excluding carboxylic acids is 1. The van der Waals surface area contributed by atoms with Gasteiger partial charge in [0.05, 0.1) is 0 Å². The third-order valence-electron chi connectivity index (χ3n) is 5.50. The smallest absolute Gasteiger partial charge is 0.222 e. The molecule has 6 nitrogen and oxygen atoms in total. The van der Waals surface area contributed by atoms with Crippen LogP contribution in [0.4, 0.5) is 0 Å². The number of benzene rings is 1. The summed E-state index contributed by atoms with van der Waals surface area (Å²) in [7, 11) is 0. The maximum atomic E-state index is 12.7. The number of hydrogen-bond donors (Lipinski definition) is 1. The van der Waals surface area contributed by atoms with Gasteiger partial charge in [-0.2, -0.15) is 0 Å². The molecule has 3 heterocycles. The molecule has 1 aromatic heterocycles. The van der Waals surface area contributed by atoms with Crippen molar-refractivity contribution in [3.05, 3.63) is 47.5 Å². The topological polar surface area (TPSA) is 63.1 Å². The monoisotopic (exact) mass is 353 g/mol. The Hall–Kier alpha value is -2.21. The first kappa shape index (κ1) is 17.2. The minimum Gasteiger partial charge on any atom is -0.342 e. The molecule has 1 N–H and O–H groups in total. The van der Waals surface area contributed by atoms with E-state index in [0.717, 1.165) is 70.1 Å². The zero-order valence-electron chi connectivity index (χ0n) is 15.2. The highest BCUT2D eigenvalue weighted by Crippen LogP contribution is 2.27. The van der Waals surface area contributed by atoms with Crippen molar-refractivity contribution in [1.29, 1.82) is 0 Å². The van der Waals surface area contributed by atoms with E-state index < -0.39 is 0 Å². The molecular formula is C20H27N5O. The van der Waals surface area contributed by atoms with Crippen LogP contribution in [0.5, 0.6) is 0 Å². The van der Waals surface area contributed by atoms with E-state index in [0.29, 0.717) is 12.3 Å². The molecule has 138 valence electrons. The summed E-state index contributed by atoms with van der Waals surface area (Å²) in [5, 5.41) is 12.3. The maximum absolute atomic E-state index is 12.7. The van der Waals surface area contributed by atoms with Crippen molar-refractivity contribution in [2.24, 2.45) is 0 Å². The van der Waals surface area contributed by atoms with Gasteiger partial charge in [-0.3, -0.25) is 4.79 Å². The van der Waals surface area contributed by atoms with Crippen molar-refractivity contribution in [2.75, 3.05) is 26.2 Å². The molecule has 0 aliphatic carbocycles. The largest absolute Gasteiger partial charge is 0.342 e. The van der Waals surface area contributed by atoms with Gasteiger partial charge in [0, 0.05) is 51.5 Å². The molecule has 0 spiro atoms. The second-order valence-corrected chi connectivity index (χ2v) is 7.29. The highest BCUT2D eigenvalue weighted by atomic mass is 16.2. The summed E-state index contributed by atoms with van der Waals surface area (Å²) in [5.74, 6) is 2.72. The van der Waals surface area contributed by atoms with Gasteiger partial charge < -0.3 is 14.8 Å². The highest BCUT2D eigenvalue weighted by Gasteiger charge is 2.29. The summed E-state index contributed by atoms with van der Waals surface area (Å²) in [6.07, 6.45) is 4.46. The van der Waals surface area contributed by atoms with Crippen molar-refractivity contribution in [1.82, 2.24) is 25.0 Å². The lowest BCUT2D eigenvalue weighted by Gasteiger charge is -2.32. The third kappa shape index (κ3) is 3.80. The number of fused-ring (bicyclic) bond motifs is 1. The van der Waals surface area contributed by atoms with Gasteiger partial charge in [0.25, 0.3) is 0 Å². The Balaban J connectivity index is 1.40. The zero-order chi connectivity index (χ0) is 17.8. The van der Waals surface area contributed by atoms with Crippen molar-refractivity contribution in [3.63, 3.8) is 0 Å². The quantitative estimate of drug-likeness (QED) is 0.910. The van der Waals surface area contributed by atoms with E-state index in [2.05, 4.69) is 32.2 Å². The number of aromatic nitrogens is 3. The van der Waals surface area contributed by atoms with Crippen LogP contribution in [-0.4, -0.2) is 51.8 Å². The molecule has 0 radical (unpaired) electrons. The molecule has 4 rings (SSSR count). The summed E-state index contributed by atoms with van der Waals surface area (Å²) in [6.45, 7) is 4.50. The van der Waals surface area contributed by atoms with E-state index in [1.54, 1.807) is 0 Å². The lowest BCUT2D eigenvalue weighted by molar-refractivity contribution is -0.132. The third-order valence-corrected chi connectivity index (χ3v) is 5.50. The molecule has 1 saturated heterocycles. The number of carbonyl (C=O) groups is 1. The molecule has 0 saturated carbocycles. The van der Waals surface area contributed by atoms with Crippen LogP contribution >= 0.6 is 0 Å². The Kier molecular flexibility index (Phi) is 5.29. The Morgan fingerprint density at radius 1 is 1.15 bits per heavy atom. The number of piperidine rings is 1. The number of hydrogen-bond acceptors (Lipinski definition) is 4. The van der Waals surface area contributed by atoms with Gasteiger partial charge in [-0.25, -0.2) is 0 Å². The van der Waals surface area contributed by atoms with Crippen LogP contribution in [0.15, 0.2) is 30.3 Å². The van der Waals surface area contributed by atoms with Crippen LogP contribution in [0.2, 0.25) is 0 Å². The molecule has 0 bridgehead atoms. The molecule has 2 aromatic rings. The molecular weight excluding hydrogens is 326 g/mol. The van der Waals surface area contributed by atoms with E-state index in [-0.39, 0.29) is 5.91 Å². The molecule has 6 heteroatoms. The maximum Gasteiger partial charge on any atom is 0.222 e. The van der Waals surface area contributed by atoms with Crippen molar-refractivity contribution in [3.8, 4) is 0 Å². The normalized spacial score (nSPS) is 20.5. The Morgan fingerprint density at radius 3 is 2.92 bits per heavy atom. The van der Waals surface area contributed by atoms with Crippen LogP contribution in [0.1, 0.15) is 42.4 Å². The fourth-order valence-electron chi connectivity index (χ4n) is 4.06.